The molecule has 1 N–H and O–H groups in total. The second-order valence-electron chi connectivity index (χ2n) is 4.91. The summed E-state index contributed by atoms with van der Waals surface area (Å²) in [5.74, 6) is -1.26. The lowest BCUT2D eigenvalue weighted by Crippen LogP contribution is -2.16. The molecular weight excluding hydrogens is 387 g/mol. The van der Waals surface area contributed by atoms with Crippen LogP contribution in [0.25, 0.3) is 0 Å². The van der Waals surface area contributed by atoms with Crippen molar-refractivity contribution in [3.8, 4) is 0 Å². The van der Waals surface area contributed by atoms with E-state index in [1.807, 2.05) is 0 Å². The molecule has 25 heavy (non-hydrogen) atoms. The molecule has 1 heterocycles. The Bertz CT molecular complexity index is 1030. The zero-order valence-electron chi connectivity index (χ0n) is 12.4. The molecule has 5 nitrogen and oxygen atoms in total. The van der Waals surface area contributed by atoms with Gasteiger partial charge in [0.1, 0.15) is 5.82 Å². The first kappa shape index (κ1) is 17.5. The van der Waals surface area contributed by atoms with E-state index in [2.05, 4.69) is 10.3 Å². The lowest BCUT2D eigenvalue weighted by molar-refractivity contribution is 0.102. The molecule has 0 saturated carbocycles. The summed E-state index contributed by atoms with van der Waals surface area (Å²) in [5.41, 5.74) is 1.22. The number of nitrogens with zero attached hydrogens (tertiary/aromatic N) is 1. The van der Waals surface area contributed by atoms with Gasteiger partial charge in [-0.05, 0) is 42.5 Å². The van der Waals surface area contributed by atoms with E-state index < -0.39 is 21.6 Å². The van der Waals surface area contributed by atoms with Crippen LogP contribution in [0, 0.1) is 5.82 Å². The summed E-state index contributed by atoms with van der Waals surface area (Å²) in [5, 5.41) is 2.83. The van der Waals surface area contributed by atoms with E-state index in [-0.39, 0.29) is 20.5 Å². The van der Waals surface area contributed by atoms with Gasteiger partial charge in [-0.15, -0.1) is 11.3 Å². The number of hydrogen-bond acceptors (Lipinski definition) is 5. The highest BCUT2D eigenvalue weighted by Crippen LogP contribution is 2.28. The average Bonchev–Trinajstić information content (AvgIpc) is 3.06. The fraction of sp³-hybridized carbons (Fsp3) is 0. The quantitative estimate of drug-likeness (QED) is 0.722. The highest BCUT2D eigenvalue weighted by molar-refractivity contribution is 7.93. The molecule has 0 atom stereocenters. The zero-order valence-corrected chi connectivity index (χ0v) is 14.8. The molecule has 1 aromatic heterocycles. The highest BCUT2D eigenvalue weighted by Gasteiger charge is 2.27. The Morgan fingerprint density at radius 1 is 1.16 bits per heavy atom. The predicted molar refractivity (Wildman–Crippen MR) is 93.4 cm³/mol. The summed E-state index contributed by atoms with van der Waals surface area (Å²) in [6.45, 7) is 0. The molecular formula is C16H10ClFN2O3S2. The maximum atomic E-state index is 13.2. The van der Waals surface area contributed by atoms with Crippen molar-refractivity contribution in [3.63, 3.8) is 0 Å². The summed E-state index contributed by atoms with van der Waals surface area (Å²) in [6, 6.07) is 10.9. The van der Waals surface area contributed by atoms with Gasteiger partial charge in [0.15, 0.2) is 9.90 Å². The Balaban J connectivity index is 1.94. The fourth-order valence-electron chi connectivity index (χ4n) is 2.05. The second-order valence-corrected chi connectivity index (χ2v) is 8.35. The van der Waals surface area contributed by atoms with Crippen molar-refractivity contribution in [1.82, 2.24) is 4.98 Å². The van der Waals surface area contributed by atoms with E-state index in [0.29, 0.717) is 5.02 Å². The minimum Gasteiger partial charge on any atom is -0.320 e. The van der Waals surface area contributed by atoms with E-state index in [1.54, 1.807) is 0 Å². The minimum atomic E-state index is -3.93. The number of amides is 1. The number of nitrogens with one attached hydrogen (secondary N) is 1. The van der Waals surface area contributed by atoms with Crippen LogP contribution in [0.5, 0.6) is 0 Å². The van der Waals surface area contributed by atoms with E-state index in [9.17, 15) is 17.6 Å². The Labute approximate surface area is 152 Å². The van der Waals surface area contributed by atoms with Crippen molar-refractivity contribution >= 4 is 44.4 Å². The van der Waals surface area contributed by atoms with Crippen molar-refractivity contribution in [1.29, 1.82) is 0 Å². The molecule has 3 aromatic rings. The van der Waals surface area contributed by atoms with E-state index in [4.69, 9.17) is 11.6 Å². The van der Waals surface area contributed by atoms with Crippen molar-refractivity contribution in [2.45, 2.75) is 9.10 Å². The maximum absolute atomic E-state index is 13.2. The summed E-state index contributed by atoms with van der Waals surface area (Å²) >= 11 is 6.60. The third-order valence-corrected chi connectivity index (χ3v) is 6.59. The van der Waals surface area contributed by atoms with Crippen molar-refractivity contribution in [2.75, 3.05) is 5.32 Å². The first-order valence-electron chi connectivity index (χ1n) is 6.89. The lowest BCUT2D eigenvalue weighted by Gasteiger charge is -2.06. The molecule has 0 saturated heterocycles. The molecule has 0 radical (unpaired) electrons. The molecule has 0 aliphatic heterocycles. The summed E-state index contributed by atoms with van der Waals surface area (Å²) in [7, 11) is -3.93. The third kappa shape index (κ3) is 3.71. The fourth-order valence-corrected chi connectivity index (χ4v) is 4.72. The largest absolute Gasteiger partial charge is 0.320 e. The monoisotopic (exact) mass is 396 g/mol. The van der Waals surface area contributed by atoms with Crippen LogP contribution in [0.4, 0.5) is 10.1 Å². The van der Waals surface area contributed by atoms with Crippen LogP contribution in [0.15, 0.2) is 63.1 Å². The molecule has 0 aliphatic rings. The molecule has 3 rings (SSSR count). The van der Waals surface area contributed by atoms with Crippen LogP contribution in [-0.4, -0.2) is 19.3 Å². The Kier molecular flexibility index (Phi) is 4.85. The number of halogens is 2. The summed E-state index contributed by atoms with van der Waals surface area (Å²) in [6.07, 6.45) is 0. The Morgan fingerprint density at radius 2 is 1.88 bits per heavy atom. The van der Waals surface area contributed by atoms with E-state index in [1.165, 1.54) is 48.0 Å². The number of carbonyl (C=O) groups is 1. The van der Waals surface area contributed by atoms with Gasteiger partial charge in [-0.25, -0.2) is 17.8 Å². The van der Waals surface area contributed by atoms with Gasteiger partial charge >= 0.3 is 0 Å². The zero-order chi connectivity index (χ0) is 18.0. The molecule has 0 unspecified atom stereocenters. The van der Waals surface area contributed by atoms with E-state index >= 15 is 0 Å². The number of benzene rings is 2. The third-order valence-electron chi connectivity index (χ3n) is 3.20. The number of aromatic nitrogens is 1. The van der Waals surface area contributed by atoms with Crippen LogP contribution >= 0.6 is 22.9 Å². The van der Waals surface area contributed by atoms with Crippen LogP contribution in [0.1, 0.15) is 10.5 Å². The first-order valence-corrected chi connectivity index (χ1v) is 9.63. The molecule has 9 heteroatoms. The van der Waals surface area contributed by atoms with Crippen molar-refractivity contribution < 1.29 is 17.6 Å². The minimum absolute atomic E-state index is 0.000885. The molecule has 1 amide bonds. The topological polar surface area (TPSA) is 76.1 Å². The summed E-state index contributed by atoms with van der Waals surface area (Å²) in [4.78, 5) is 16.2. The average molecular weight is 397 g/mol. The molecule has 0 fully saturated rings. The summed E-state index contributed by atoms with van der Waals surface area (Å²) < 4.78 is 38.5. The SMILES string of the molecule is O=C(Nc1cccc(F)c1)c1ncsc1S(=O)(=O)c1ccc(Cl)cc1. The number of thiazole rings is 1. The number of sulfone groups is 1. The van der Waals surface area contributed by atoms with Gasteiger partial charge in [0, 0.05) is 10.7 Å². The number of carbonyl (C=O) groups excluding carboxylic acids is 1. The Hall–Kier alpha value is -2.29. The van der Waals surface area contributed by atoms with Gasteiger partial charge in [-0.1, -0.05) is 17.7 Å². The predicted octanol–water partition coefficient (Wildman–Crippen LogP) is 4.02. The second kappa shape index (κ2) is 6.91. The van der Waals surface area contributed by atoms with Crippen molar-refractivity contribution in [3.05, 3.63) is 70.6 Å². The molecule has 128 valence electrons. The van der Waals surface area contributed by atoms with Gasteiger partial charge in [0.2, 0.25) is 9.84 Å². The first-order chi connectivity index (χ1) is 11.9. The van der Waals surface area contributed by atoms with Crippen LogP contribution in [0.3, 0.4) is 0 Å². The van der Waals surface area contributed by atoms with E-state index in [0.717, 1.165) is 17.4 Å². The smallest absolute Gasteiger partial charge is 0.276 e. The normalized spacial score (nSPS) is 11.3. The maximum Gasteiger partial charge on any atom is 0.276 e. The number of rotatable bonds is 4. The van der Waals surface area contributed by atoms with Gasteiger partial charge < -0.3 is 5.32 Å². The lowest BCUT2D eigenvalue weighted by atomic mass is 10.3. The van der Waals surface area contributed by atoms with Gasteiger partial charge in [0.05, 0.1) is 10.4 Å². The van der Waals surface area contributed by atoms with Crippen LogP contribution in [-0.2, 0) is 9.84 Å². The van der Waals surface area contributed by atoms with Crippen molar-refractivity contribution in [2.24, 2.45) is 0 Å². The van der Waals surface area contributed by atoms with Crippen LogP contribution < -0.4 is 5.32 Å². The number of anilines is 1. The molecule has 0 bridgehead atoms. The van der Waals surface area contributed by atoms with Gasteiger partial charge in [-0.3, -0.25) is 4.79 Å². The van der Waals surface area contributed by atoms with Crippen LogP contribution in [0.2, 0.25) is 5.02 Å². The molecule has 0 spiro atoms. The highest BCUT2D eigenvalue weighted by atomic mass is 35.5. The van der Waals surface area contributed by atoms with Gasteiger partial charge in [-0.2, -0.15) is 0 Å². The molecule has 2 aromatic carbocycles. The van der Waals surface area contributed by atoms with Gasteiger partial charge in [0.25, 0.3) is 5.91 Å². The molecule has 0 aliphatic carbocycles. The Morgan fingerprint density at radius 3 is 2.56 bits per heavy atom. The number of hydrogen-bond donors (Lipinski definition) is 1. The standard InChI is InChI=1S/C16H10ClFN2O3S2/c17-10-4-6-13(7-5-10)25(22,23)16-14(19-9-24-16)15(21)20-12-3-1-2-11(18)8-12/h1-9H,(H,20,21).